The van der Waals surface area contributed by atoms with Crippen molar-refractivity contribution in [1.82, 2.24) is 0 Å². The van der Waals surface area contributed by atoms with Crippen molar-refractivity contribution in [3.05, 3.63) is 0 Å². The van der Waals surface area contributed by atoms with Crippen molar-refractivity contribution in [1.29, 1.82) is 0 Å². The van der Waals surface area contributed by atoms with E-state index in [9.17, 15) is 9.59 Å². The van der Waals surface area contributed by atoms with E-state index < -0.39 is 6.51 Å². The number of rotatable bonds is 30. The SMILES string of the molecule is CCCCCCCCCCCCCCCC(=O)[C]12[CH]3[CH]4[CH]5[C]1(C(=O)CCCCCCCCCCCCCCC)[Fe]43521678[CH]2[CH]1[CH]6[CH]7[CH]28. The average Bonchev–Trinajstić information content (AvgIpc) is 3.99. The zero-order valence-corrected chi connectivity index (χ0v) is 30.7. The van der Waals surface area contributed by atoms with Crippen LogP contribution in [0.1, 0.15) is 194 Å². The summed E-state index contributed by atoms with van der Waals surface area (Å²) in [6, 6.07) is 0. The van der Waals surface area contributed by atoms with Gasteiger partial charge in [0.15, 0.2) is 0 Å². The van der Waals surface area contributed by atoms with Gasteiger partial charge >= 0.3 is 203 Å². The number of fused-ring (bicyclic) bond motifs is 10. The first kappa shape index (κ1) is 29.7. The van der Waals surface area contributed by atoms with Gasteiger partial charge < -0.3 is 0 Å². The van der Waals surface area contributed by atoms with Crippen LogP contribution in [0.25, 0.3) is 0 Å². The number of carbonyl (C=O) groups is 2. The fourth-order valence-electron chi connectivity index (χ4n) is 23.1. The van der Waals surface area contributed by atoms with E-state index in [4.69, 9.17) is 0 Å². The molecule has 10 heterocycles. The molecule has 0 aromatic rings. The second kappa shape index (κ2) is 6.11. The number of carbonyl (C=O) groups excluding carboxylic acids is 2. The van der Waals surface area contributed by atoms with Crippen molar-refractivity contribution in [3.63, 3.8) is 0 Å². The predicted octanol–water partition coefficient (Wildman–Crippen LogP) is 14.2. The van der Waals surface area contributed by atoms with Gasteiger partial charge in [-0.15, -0.1) is 0 Å². The Morgan fingerprint density at radius 3 is 0.844 bits per heavy atom. The molecule has 4 unspecified atom stereocenters. The second-order valence-electron chi connectivity index (χ2n) is 20.6. The molecule has 0 aromatic carbocycles. The van der Waals surface area contributed by atoms with Gasteiger partial charge in [-0.1, -0.05) is 65.2 Å². The summed E-state index contributed by atoms with van der Waals surface area (Å²) in [5, 5.41) is 0. The molecule has 0 bridgehead atoms. The summed E-state index contributed by atoms with van der Waals surface area (Å²) >= 11 is 0. The molecule has 258 valence electrons. The average molecular weight is 663 g/mol. The van der Waals surface area contributed by atoms with Crippen LogP contribution in [-0.4, -0.2) is 11.6 Å². The summed E-state index contributed by atoms with van der Waals surface area (Å²) in [5.74, 6) is 1.46. The van der Waals surface area contributed by atoms with Gasteiger partial charge in [0.25, 0.3) is 0 Å². The van der Waals surface area contributed by atoms with Gasteiger partial charge in [0.1, 0.15) is 0 Å². The first-order chi connectivity index (χ1) is 21.9. The molecule has 0 N–H and O–H groups in total. The summed E-state index contributed by atoms with van der Waals surface area (Å²) in [6.07, 6.45) is 37.3. The Morgan fingerprint density at radius 1 is 0.378 bits per heavy atom. The molecule has 0 aliphatic carbocycles. The minimum absolute atomic E-state index is 0.108. The predicted molar refractivity (Wildman–Crippen MR) is 186 cm³/mol. The number of hydrogen-bond acceptors (Lipinski definition) is 2. The molecule has 10 aliphatic rings. The standard InChI is InChI=1S/C37H65O2.C5H5.Fe/c1-3-5-7-9-11-13-15-17-19-21-23-25-27-32-36(38)34-30-29-31-35(34)37(39)33-28-26-24-22-20-18-16-14-12-10-8-6-4-2;1-2-4-5-3-1;/h29-31H,3-28,32-33H2,1-2H3;1-5H;. The van der Waals surface area contributed by atoms with E-state index in [0.717, 1.165) is 75.8 Å². The van der Waals surface area contributed by atoms with E-state index >= 15 is 0 Å². The Bertz CT molecular complexity index is 1430. The Kier molecular flexibility index (Phi) is 4.04. The number of ketones is 2. The van der Waals surface area contributed by atoms with Crippen molar-refractivity contribution in [2.75, 3.05) is 0 Å². The minimum atomic E-state index is -3.94. The fraction of sp³-hybridized carbons (Fsp3) is 0.952. The molecule has 3 heteroatoms. The zero-order valence-electron chi connectivity index (χ0n) is 29.6. The molecule has 0 saturated carbocycles. The van der Waals surface area contributed by atoms with Crippen molar-refractivity contribution in [2.24, 2.45) is 0 Å². The van der Waals surface area contributed by atoms with Gasteiger partial charge in [0, 0.05) is 0 Å². The molecule has 10 rings (SSSR count). The maximum absolute atomic E-state index is 14.5. The molecule has 10 saturated heterocycles. The van der Waals surface area contributed by atoms with Crippen LogP contribution in [-0.2, 0) is 16.1 Å². The van der Waals surface area contributed by atoms with Gasteiger partial charge in [-0.05, 0) is 0 Å². The van der Waals surface area contributed by atoms with Crippen molar-refractivity contribution in [2.45, 2.75) is 241 Å². The molecule has 10 aliphatic heterocycles. The van der Waals surface area contributed by atoms with Gasteiger partial charge in [0.2, 0.25) is 0 Å². The van der Waals surface area contributed by atoms with Crippen LogP contribution >= 0.6 is 0 Å². The molecule has 45 heavy (non-hydrogen) atoms. The van der Waals surface area contributed by atoms with Crippen LogP contribution in [0.4, 0.5) is 0 Å². The summed E-state index contributed by atoms with van der Waals surface area (Å²) < 4.78 is 0.216. The normalized spacial score (nSPS) is 54.0. The molecule has 10 fully saturated rings. The van der Waals surface area contributed by atoms with Crippen LogP contribution < -0.4 is 0 Å². The first-order valence-corrected chi connectivity index (χ1v) is 27.4. The molecule has 2 nitrogen and oxygen atoms in total. The third kappa shape index (κ3) is 1.06. The number of Topliss-reactive ketones (excluding diaryl/α,β-unsaturated/α-hetero) is 2. The molecular formula is C42H70FeO2. The van der Waals surface area contributed by atoms with Gasteiger partial charge in [-0.2, -0.15) is 0 Å². The van der Waals surface area contributed by atoms with E-state index in [1.54, 1.807) is 0 Å². The van der Waals surface area contributed by atoms with Crippen molar-refractivity contribution in [3.8, 4) is 0 Å². The number of unbranched alkanes of at least 4 members (excludes halogenated alkanes) is 24. The van der Waals surface area contributed by atoms with Crippen molar-refractivity contribution < 1.29 is 16.1 Å². The van der Waals surface area contributed by atoms with Crippen LogP contribution in [0.3, 0.4) is 0 Å². The van der Waals surface area contributed by atoms with E-state index in [0.29, 0.717) is 0 Å². The van der Waals surface area contributed by atoms with Crippen LogP contribution in [0.15, 0.2) is 0 Å². The Balaban J connectivity index is 0.665. The van der Waals surface area contributed by atoms with Crippen LogP contribution in [0.2, 0.25) is 47.2 Å². The number of hydrogen-bond donors (Lipinski definition) is 0. The summed E-state index contributed by atoms with van der Waals surface area (Å²) in [6.45, 7) is 0.660. The topological polar surface area (TPSA) is 34.1 Å². The Hall–Kier alpha value is -0.141. The Morgan fingerprint density at radius 2 is 0.622 bits per heavy atom. The molecular weight excluding hydrogens is 592 g/mol. The molecule has 0 radical (unpaired) electrons. The Labute approximate surface area is 267 Å². The van der Waals surface area contributed by atoms with E-state index in [2.05, 4.69) is 13.8 Å². The molecule has 1 spiro atoms. The van der Waals surface area contributed by atoms with E-state index in [1.807, 2.05) is 0 Å². The third-order valence-electron chi connectivity index (χ3n) is 22.7. The zero-order chi connectivity index (χ0) is 30.9. The van der Waals surface area contributed by atoms with E-state index in [-0.39, 0.29) is 8.63 Å². The molecule has 0 amide bonds. The molecule has 4 atom stereocenters. The second-order valence-corrected chi connectivity index (χ2v) is 43.8. The fourth-order valence-corrected chi connectivity index (χ4v) is 99.1. The quantitative estimate of drug-likeness (QED) is 0.0567. The first-order valence-electron chi connectivity index (χ1n) is 21.2. The van der Waals surface area contributed by atoms with Gasteiger partial charge in [0.05, 0.1) is 0 Å². The summed E-state index contributed by atoms with van der Waals surface area (Å²) in [7, 11) is 0. The molecule has 0 aromatic heterocycles. The van der Waals surface area contributed by atoms with Crippen molar-refractivity contribution >= 4 is 11.6 Å². The maximum atomic E-state index is 14.5. The van der Waals surface area contributed by atoms with E-state index in [1.165, 1.54) is 154 Å². The summed E-state index contributed by atoms with van der Waals surface area (Å²) in [4.78, 5) is 37.1. The van der Waals surface area contributed by atoms with Crippen LogP contribution in [0, 0.1) is 0 Å². The third-order valence-corrected chi connectivity index (χ3v) is 65.5. The monoisotopic (exact) mass is 662 g/mol. The van der Waals surface area contributed by atoms with Crippen LogP contribution in [0.5, 0.6) is 0 Å². The van der Waals surface area contributed by atoms with Gasteiger partial charge in [-0.25, -0.2) is 0 Å². The van der Waals surface area contributed by atoms with Gasteiger partial charge in [-0.3, -0.25) is 0 Å². The summed E-state index contributed by atoms with van der Waals surface area (Å²) in [5.41, 5.74) is 0.